The molecule has 0 unspecified atom stereocenters. The van der Waals surface area contributed by atoms with Gasteiger partial charge in [-0.1, -0.05) is 19.9 Å². The molecular weight excluding hydrogens is 224 g/mol. The predicted octanol–water partition coefficient (Wildman–Crippen LogP) is 2.47. The lowest BCUT2D eigenvalue weighted by Crippen LogP contribution is -2.47. The van der Waals surface area contributed by atoms with Gasteiger partial charge in [0.15, 0.2) is 0 Å². The normalized spacial score (nSPS) is 15.6. The highest BCUT2D eigenvalue weighted by Gasteiger charge is 2.20. The fourth-order valence-corrected chi connectivity index (χ4v) is 2.33. The number of rotatable bonds is 5. The molecule has 1 aromatic rings. The van der Waals surface area contributed by atoms with Crippen molar-refractivity contribution in [2.75, 3.05) is 38.7 Å². The molecule has 1 aliphatic rings. The highest BCUT2D eigenvalue weighted by atomic mass is 16.5. The molecule has 3 heteroatoms. The third-order valence-corrected chi connectivity index (χ3v) is 3.68. The van der Waals surface area contributed by atoms with Crippen LogP contribution in [0.25, 0.3) is 0 Å². The van der Waals surface area contributed by atoms with E-state index in [1.165, 1.54) is 11.3 Å². The first-order valence-corrected chi connectivity index (χ1v) is 6.71. The average molecular weight is 248 g/mol. The fraction of sp³-hybridized carbons (Fsp3) is 0.600. The highest BCUT2D eigenvalue weighted by Crippen LogP contribution is 2.31. The van der Waals surface area contributed by atoms with E-state index in [1.807, 2.05) is 0 Å². The number of methoxy groups -OCH3 is 1. The minimum Gasteiger partial charge on any atom is -0.495 e. The van der Waals surface area contributed by atoms with Crippen molar-refractivity contribution >= 4 is 5.69 Å². The van der Waals surface area contributed by atoms with Gasteiger partial charge in [0.05, 0.1) is 12.8 Å². The Morgan fingerprint density at radius 2 is 2.11 bits per heavy atom. The third-order valence-electron chi connectivity index (χ3n) is 3.68. The Hall–Kier alpha value is -1.22. The second kappa shape index (κ2) is 5.61. The lowest BCUT2D eigenvalue weighted by atomic mass is 10.0. The van der Waals surface area contributed by atoms with Crippen LogP contribution < -0.4 is 15.0 Å². The van der Waals surface area contributed by atoms with Crippen molar-refractivity contribution in [1.29, 1.82) is 0 Å². The number of hydrogen-bond acceptors (Lipinski definition) is 3. The van der Waals surface area contributed by atoms with E-state index in [-0.39, 0.29) is 0 Å². The smallest absolute Gasteiger partial charge is 0.142 e. The van der Waals surface area contributed by atoms with E-state index in [0.29, 0.717) is 5.92 Å². The lowest BCUT2D eigenvalue weighted by molar-refractivity contribution is 0.351. The van der Waals surface area contributed by atoms with Gasteiger partial charge < -0.3 is 15.0 Å². The number of benzene rings is 1. The Morgan fingerprint density at radius 1 is 1.39 bits per heavy atom. The molecule has 1 aromatic carbocycles. The summed E-state index contributed by atoms with van der Waals surface area (Å²) in [4.78, 5) is 2.30. The molecule has 0 aliphatic carbocycles. The number of ether oxygens (including phenoxy) is 1. The molecular formula is C15H24N2O. The molecule has 0 saturated carbocycles. The first-order valence-electron chi connectivity index (χ1n) is 6.71. The number of nitrogens with one attached hydrogen (secondary N) is 1. The molecule has 0 bridgehead atoms. The summed E-state index contributed by atoms with van der Waals surface area (Å²) >= 11 is 0. The average Bonchev–Trinajstić information content (AvgIpc) is 2.32. The highest BCUT2D eigenvalue weighted by molar-refractivity contribution is 5.59. The standard InChI is InChI=1S/C15H24N2O/c1-11(2)13-5-6-14(15(7-13)18-4)17(3)10-12-8-16-9-12/h5-7,11-12,16H,8-10H2,1-4H3. The molecule has 0 amide bonds. The summed E-state index contributed by atoms with van der Waals surface area (Å²) in [5, 5.41) is 3.31. The molecule has 1 heterocycles. The molecule has 3 nitrogen and oxygen atoms in total. The van der Waals surface area contributed by atoms with Crippen LogP contribution in [0.2, 0.25) is 0 Å². The van der Waals surface area contributed by atoms with Crippen molar-refractivity contribution in [1.82, 2.24) is 5.32 Å². The minimum absolute atomic E-state index is 0.536. The molecule has 1 saturated heterocycles. The van der Waals surface area contributed by atoms with Gasteiger partial charge in [-0.05, 0) is 23.6 Å². The van der Waals surface area contributed by atoms with E-state index < -0.39 is 0 Å². The Balaban J connectivity index is 2.15. The molecule has 0 radical (unpaired) electrons. The van der Waals surface area contributed by atoms with Gasteiger partial charge in [0.2, 0.25) is 0 Å². The summed E-state index contributed by atoms with van der Waals surface area (Å²) in [6.45, 7) is 7.77. The second-order valence-corrected chi connectivity index (χ2v) is 5.49. The summed E-state index contributed by atoms with van der Waals surface area (Å²) in [7, 11) is 3.90. The van der Waals surface area contributed by atoms with Crippen LogP contribution in [0.15, 0.2) is 18.2 Å². The van der Waals surface area contributed by atoms with E-state index in [9.17, 15) is 0 Å². The van der Waals surface area contributed by atoms with Crippen molar-refractivity contribution in [2.45, 2.75) is 19.8 Å². The molecule has 0 atom stereocenters. The molecule has 1 fully saturated rings. The van der Waals surface area contributed by atoms with Crippen LogP contribution in [0.1, 0.15) is 25.3 Å². The number of nitrogens with zero attached hydrogens (tertiary/aromatic N) is 1. The molecule has 100 valence electrons. The van der Waals surface area contributed by atoms with E-state index in [1.54, 1.807) is 7.11 Å². The third kappa shape index (κ3) is 2.78. The zero-order valence-electron chi connectivity index (χ0n) is 11.9. The van der Waals surface area contributed by atoms with Gasteiger partial charge in [-0.3, -0.25) is 0 Å². The van der Waals surface area contributed by atoms with E-state index >= 15 is 0 Å². The van der Waals surface area contributed by atoms with Gasteiger partial charge in [0.25, 0.3) is 0 Å². The largest absolute Gasteiger partial charge is 0.495 e. The Labute approximate surface area is 110 Å². The Morgan fingerprint density at radius 3 is 2.61 bits per heavy atom. The fourth-order valence-electron chi connectivity index (χ4n) is 2.33. The maximum atomic E-state index is 5.53. The number of anilines is 1. The van der Waals surface area contributed by atoms with Crippen molar-refractivity contribution in [2.24, 2.45) is 5.92 Å². The van der Waals surface area contributed by atoms with Gasteiger partial charge in [0.1, 0.15) is 5.75 Å². The molecule has 18 heavy (non-hydrogen) atoms. The van der Waals surface area contributed by atoms with Crippen LogP contribution in [-0.2, 0) is 0 Å². The molecule has 2 rings (SSSR count). The zero-order chi connectivity index (χ0) is 13.1. The first kappa shape index (κ1) is 13.2. The van der Waals surface area contributed by atoms with Crippen LogP contribution in [0.5, 0.6) is 5.75 Å². The van der Waals surface area contributed by atoms with Gasteiger partial charge in [-0.25, -0.2) is 0 Å². The van der Waals surface area contributed by atoms with Crippen molar-refractivity contribution < 1.29 is 4.74 Å². The minimum atomic E-state index is 0.536. The summed E-state index contributed by atoms with van der Waals surface area (Å²) < 4.78 is 5.53. The topological polar surface area (TPSA) is 24.5 Å². The first-order chi connectivity index (χ1) is 8.61. The summed E-state index contributed by atoms with van der Waals surface area (Å²) in [6, 6.07) is 6.55. The molecule has 0 spiro atoms. The SMILES string of the molecule is COc1cc(C(C)C)ccc1N(C)CC1CNC1. The van der Waals surface area contributed by atoms with E-state index in [4.69, 9.17) is 4.74 Å². The van der Waals surface area contributed by atoms with E-state index in [0.717, 1.165) is 31.3 Å². The lowest BCUT2D eigenvalue weighted by Gasteiger charge is -2.33. The van der Waals surface area contributed by atoms with Gasteiger partial charge in [-0.2, -0.15) is 0 Å². The molecule has 1 aliphatic heterocycles. The maximum absolute atomic E-state index is 5.53. The van der Waals surface area contributed by atoms with Crippen LogP contribution in [0.4, 0.5) is 5.69 Å². The van der Waals surface area contributed by atoms with Crippen LogP contribution >= 0.6 is 0 Å². The number of hydrogen-bond donors (Lipinski definition) is 1. The Bertz CT molecular complexity index is 399. The van der Waals surface area contributed by atoms with E-state index in [2.05, 4.69) is 49.3 Å². The zero-order valence-corrected chi connectivity index (χ0v) is 11.9. The van der Waals surface area contributed by atoms with Crippen LogP contribution in [0, 0.1) is 5.92 Å². The van der Waals surface area contributed by atoms with Crippen molar-refractivity contribution in [3.63, 3.8) is 0 Å². The van der Waals surface area contributed by atoms with Gasteiger partial charge >= 0.3 is 0 Å². The summed E-state index contributed by atoms with van der Waals surface area (Å²) in [5.41, 5.74) is 2.52. The molecule has 0 aromatic heterocycles. The second-order valence-electron chi connectivity index (χ2n) is 5.49. The van der Waals surface area contributed by atoms with Crippen molar-refractivity contribution in [3.05, 3.63) is 23.8 Å². The maximum Gasteiger partial charge on any atom is 0.142 e. The molecule has 1 N–H and O–H groups in total. The quantitative estimate of drug-likeness (QED) is 0.866. The van der Waals surface area contributed by atoms with Crippen molar-refractivity contribution in [3.8, 4) is 5.75 Å². The Kier molecular flexibility index (Phi) is 4.12. The monoisotopic (exact) mass is 248 g/mol. The predicted molar refractivity (Wildman–Crippen MR) is 76.7 cm³/mol. The van der Waals surface area contributed by atoms with Gasteiger partial charge in [0, 0.05) is 32.6 Å². The van der Waals surface area contributed by atoms with Crippen LogP contribution in [-0.4, -0.2) is 33.8 Å². The van der Waals surface area contributed by atoms with Crippen LogP contribution in [0.3, 0.4) is 0 Å². The summed E-state index contributed by atoms with van der Waals surface area (Å²) in [5.74, 6) is 2.29. The van der Waals surface area contributed by atoms with Gasteiger partial charge in [-0.15, -0.1) is 0 Å². The summed E-state index contributed by atoms with van der Waals surface area (Å²) in [6.07, 6.45) is 0.